The normalized spacial score (nSPS) is 23.6. The molecule has 1 aromatic heterocycles. The monoisotopic (exact) mass is 511 g/mol. The fraction of sp³-hybridized carbons (Fsp3) is 0.522. The van der Waals surface area contributed by atoms with Crippen LogP contribution in [0.15, 0.2) is 27.6 Å². The molecule has 1 aromatic carbocycles. The summed E-state index contributed by atoms with van der Waals surface area (Å²) in [5, 5.41) is 14.4. The lowest BCUT2D eigenvalue weighted by molar-refractivity contribution is -0.139. The van der Waals surface area contributed by atoms with E-state index < -0.39 is 55.2 Å². The van der Waals surface area contributed by atoms with Gasteiger partial charge < -0.3 is 14.6 Å². The summed E-state index contributed by atoms with van der Waals surface area (Å²) in [6.45, 7) is 3.14. The van der Waals surface area contributed by atoms with E-state index >= 15 is 0 Å². The van der Waals surface area contributed by atoms with Crippen molar-refractivity contribution in [2.75, 3.05) is 7.11 Å². The third-order valence-corrected chi connectivity index (χ3v) is 9.01. The highest BCUT2D eigenvalue weighted by molar-refractivity contribution is 7.92. The zero-order valence-corrected chi connectivity index (χ0v) is 20.1. The molecule has 35 heavy (non-hydrogen) atoms. The van der Waals surface area contributed by atoms with Gasteiger partial charge in [-0.05, 0) is 57.2 Å². The molecule has 0 bridgehead atoms. The third-order valence-electron chi connectivity index (χ3n) is 6.78. The number of alkyl halides is 3. The number of ether oxygens (including phenoxy) is 1. The zero-order chi connectivity index (χ0) is 25.8. The lowest BCUT2D eigenvalue weighted by atomic mass is 10.0. The molecule has 0 saturated heterocycles. The SMILES string of the molecule is CO[C@@H]1C[C@H](S(=O)(=O)c2ccc(-c3c(C)noc3C)cc2C(F)(F)F)C[C@H]1C(=O)NC1(C#N)CC1. The van der Waals surface area contributed by atoms with Crippen molar-refractivity contribution in [2.24, 2.45) is 5.92 Å². The van der Waals surface area contributed by atoms with Crippen LogP contribution < -0.4 is 5.32 Å². The predicted octanol–water partition coefficient (Wildman–Crippen LogP) is 3.72. The van der Waals surface area contributed by atoms with Crippen molar-refractivity contribution in [3.05, 3.63) is 35.2 Å². The first-order valence-electron chi connectivity index (χ1n) is 11.0. The predicted molar refractivity (Wildman–Crippen MR) is 117 cm³/mol. The number of hydrogen-bond acceptors (Lipinski definition) is 7. The van der Waals surface area contributed by atoms with Gasteiger partial charge in [0.25, 0.3) is 0 Å². The second-order valence-corrected chi connectivity index (χ2v) is 11.3. The van der Waals surface area contributed by atoms with E-state index in [2.05, 4.69) is 10.5 Å². The molecule has 1 amide bonds. The fourth-order valence-electron chi connectivity index (χ4n) is 4.69. The highest BCUT2D eigenvalue weighted by Crippen LogP contribution is 2.43. The van der Waals surface area contributed by atoms with E-state index in [0.29, 0.717) is 29.9 Å². The van der Waals surface area contributed by atoms with Crippen LogP contribution in [0.4, 0.5) is 13.2 Å². The third kappa shape index (κ3) is 4.54. The Morgan fingerprint density at radius 3 is 2.49 bits per heavy atom. The van der Waals surface area contributed by atoms with Gasteiger partial charge in [-0.25, -0.2) is 8.42 Å². The van der Waals surface area contributed by atoms with Crippen molar-refractivity contribution < 1.29 is 35.6 Å². The first-order chi connectivity index (χ1) is 16.3. The maximum Gasteiger partial charge on any atom is 0.417 e. The summed E-state index contributed by atoms with van der Waals surface area (Å²) in [5.41, 5.74) is -1.37. The number of aromatic nitrogens is 1. The molecule has 2 aliphatic carbocycles. The highest BCUT2D eigenvalue weighted by atomic mass is 32.2. The second kappa shape index (κ2) is 8.64. The van der Waals surface area contributed by atoms with Crippen molar-refractivity contribution >= 4 is 15.7 Å². The molecule has 1 heterocycles. The molecule has 0 aliphatic heterocycles. The van der Waals surface area contributed by atoms with Crippen LogP contribution in [0.25, 0.3) is 11.1 Å². The number of nitrogens with zero attached hydrogens (tertiary/aromatic N) is 2. The number of halogens is 3. The van der Waals surface area contributed by atoms with E-state index in [9.17, 15) is 31.6 Å². The van der Waals surface area contributed by atoms with Crippen LogP contribution >= 0.6 is 0 Å². The molecule has 3 atom stereocenters. The number of sulfone groups is 1. The Morgan fingerprint density at radius 1 is 1.29 bits per heavy atom. The van der Waals surface area contributed by atoms with Crippen LogP contribution in [0.5, 0.6) is 0 Å². The zero-order valence-electron chi connectivity index (χ0n) is 19.3. The summed E-state index contributed by atoms with van der Waals surface area (Å²) in [6.07, 6.45) is -5.11. The van der Waals surface area contributed by atoms with Crippen molar-refractivity contribution in [1.29, 1.82) is 5.26 Å². The summed E-state index contributed by atoms with van der Waals surface area (Å²) >= 11 is 0. The van der Waals surface area contributed by atoms with Gasteiger partial charge in [-0.1, -0.05) is 11.2 Å². The second-order valence-electron chi connectivity index (χ2n) is 9.11. The van der Waals surface area contributed by atoms with Crippen molar-refractivity contribution in [2.45, 2.75) is 67.5 Å². The lowest BCUT2D eigenvalue weighted by Crippen LogP contribution is -2.42. The molecule has 4 rings (SSSR count). The minimum atomic E-state index is -4.95. The fourth-order valence-corrected chi connectivity index (χ4v) is 6.69. The summed E-state index contributed by atoms with van der Waals surface area (Å²) < 4.78 is 79.4. The molecular weight excluding hydrogens is 487 g/mol. The van der Waals surface area contributed by atoms with Gasteiger partial charge in [-0.15, -0.1) is 0 Å². The largest absolute Gasteiger partial charge is 0.417 e. The van der Waals surface area contributed by atoms with Crippen LogP contribution in [-0.4, -0.2) is 43.5 Å². The van der Waals surface area contributed by atoms with Gasteiger partial charge in [0.05, 0.1) is 39.5 Å². The minimum absolute atomic E-state index is 0.136. The molecule has 8 nitrogen and oxygen atoms in total. The summed E-state index contributed by atoms with van der Waals surface area (Å²) in [5.74, 6) is -1.12. The molecule has 1 N–H and O–H groups in total. The van der Waals surface area contributed by atoms with Crippen LogP contribution in [0.2, 0.25) is 0 Å². The Hall–Kier alpha value is -2.91. The van der Waals surface area contributed by atoms with Crippen molar-refractivity contribution in [3.8, 4) is 17.2 Å². The Balaban J connectivity index is 1.68. The first kappa shape index (κ1) is 25.2. The van der Waals surface area contributed by atoms with E-state index in [0.717, 1.165) is 12.1 Å². The quantitative estimate of drug-likeness (QED) is 0.627. The number of benzene rings is 1. The lowest BCUT2D eigenvalue weighted by Gasteiger charge is -2.19. The van der Waals surface area contributed by atoms with E-state index in [-0.39, 0.29) is 18.4 Å². The molecule has 188 valence electrons. The van der Waals surface area contributed by atoms with E-state index in [4.69, 9.17) is 9.26 Å². The Morgan fingerprint density at radius 2 is 1.97 bits per heavy atom. The van der Waals surface area contributed by atoms with Gasteiger partial charge in [0, 0.05) is 12.7 Å². The van der Waals surface area contributed by atoms with Crippen LogP contribution in [-0.2, 0) is 25.5 Å². The van der Waals surface area contributed by atoms with E-state index in [1.807, 2.05) is 6.07 Å². The average Bonchev–Trinajstić information content (AvgIpc) is 3.28. The Labute approximate surface area is 200 Å². The summed E-state index contributed by atoms with van der Waals surface area (Å²) in [4.78, 5) is 11.9. The van der Waals surface area contributed by atoms with Gasteiger partial charge in [0.1, 0.15) is 11.3 Å². The summed E-state index contributed by atoms with van der Waals surface area (Å²) in [7, 11) is -3.17. The Kier molecular flexibility index (Phi) is 6.22. The van der Waals surface area contributed by atoms with Gasteiger partial charge in [0.15, 0.2) is 9.84 Å². The highest BCUT2D eigenvalue weighted by Gasteiger charge is 2.51. The van der Waals surface area contributed by atoms with E-state index in [1.165, 1.54) is 13.2 Å². The average molecular weight is 512 g/mol. The van der Waals surface area contributed by atoms with Crippen molar-refractivity contribution in [3.63, 3.8) is 0 Å². The first-order valence-corrected chi connectivity index (χ1v) is 12.5. The molecule has 2 fully saturated rings. The molecule has 2 saturated carbocycles. The molecule has 2 aromatic rings. The number of aryl methyl sites for hydroxylation is 2. The van der Waals surface area contributed by atoms with Crippen LogP contribution in [0, 0.1) is 31.1 Å². The topological polar surface area (TPSA) is 122 Å². The Bertz CT molecular complexity index is 1290. The molecule has 12 heteroatoms. The number of carbonyl (C=O) groups is 1. The van der Waals surface area contributed by atoms with Gasteiger partial charge in [-0.2, -0.15) is 18.4 Å². The van der Waals surface area contributed by atoms with Crippen LogP contribution in [0.1, 0.15) is 42.7 Å². The van der Waals surface area contributed by atoms with E-state index in [1.54, 1.807) is 13.8 Å². The number of amides is 1. The minimum Gasteiger partial charge on any atom is -0.381 e. The molecule has 0 radical (unpaired) electrons. The summed E-state index contributed by atoms with van der Waals surface area (Å²) in [6, 6.07) is 5.06. The van der Waals surface area contributed by atoms with Gasteiger partial charge >= 0.3 is 6.18 Å². The number of hydrogen-bond donors (Lipinski definition) is 1. The number of carbonyl (C=O) groups excluding carboxylic acids is 1. The van der Waals surface area contributed by atoms with Gasteiger partial charge in [0.2, 0.25) is 5.91 Å². The van der Waals surface area contributed by atoms with Crippen LogP contribution in [0.3, 0.4) is 0 Å². The number of methoxy groups -OCH3 is 1. The smallest absolute Gasteiger partial charge is 0.381 e. The molecule has 2 aliphatic rings. The van der Waals surface area contributed by atoms with Crippen molar-refractivity contribution in [1.82, 2.24) is 10.5 Å². The molecule has 0 unspecified atom stereocenters. The van der Waals surface area contributed by atoms with Gasteiger partial charge in [-0.3, -0.25) is 4.79 Å². The number of nitrogens with one attached hydrogen (secondary N) is 1. The standard InChI is InChI=1S/C23H24F3N3O5S/c1-12-20(13(2)34-29-12)14-4-5-19(17(8-14)23(24,25)26)35(31,32)15-9-16(18(10-15)33-3)21(30)28-22(11-27)6-7-22/h4-5,8,15-16,18H,6-7,9-10H2,1-3H3,(H,28,30)/t15-,16-,18-/m1/s1. The maximum absolute atomic E-state index is 14.0. The maximum atomic E-state index is 14.0. The number of rotatable bonds is 6. The number of nitriles is 1. The molecular formula is C23H24F3N3O5S. The molecule has 0 spiro atoms.